The molecule has 1 aliphatic heterocycles. The largest absolute Gasteiger partial charge is 0.443 e. The van der Waals surface area contributed by atoms with E-state index >= 15 is 0 Å². The van der Waals surface area contributed by atoms with Crippen molar-refractivity contribution >= 4 is 35.1 Å². The molecule has 0 aromatic heterocycles. The van der Waals surface area contributed by atoms with Gasteiger partial charge in [-0.25, -0.2) is 4.79 Å². The number of aldehydes is 1. The Kier molecular flexibility index (Phi) is 5.04. The zero-order valence-corrected chi connectivity index (χ0v) is 15.9. The van der Waals surface area contributed by atoms with Crippen LogP contribution in [-0.2, 0) is 11.2 Å². The van der Waals surface area contributed by atoms with E-state index in [-0.39, 0.29) is 16.9 Å². The molecule has 1 heterocycles. The van der Waals surface area contributed by atoms with Gasteiger partial charge in [0.1, 0.15) is 17.6 Å². The summed E-state index contributed by atoms with van der Waals surface area (Å²) >= 11 is 0. The van der Waals surface area contributed by atoms with E-state index < -0.39 is 16.6 Å². The number of amides is 1. The van der Waals surface area contributed by atoms with Gasteiger partial charge in [-0.2, -0.15) is 0 Å². The summed E-state index contributed by atoms with van der Waals surface area (Å²) in [6.07, 6.45) is 0.846. The molecular formula is C20H21N3O5. The van der Waals surface area contributed by atoms with Gasteiger partial charge in [0.05, 0.1) is 10.6 Å². The Labute approximate surface area is 162 Å². The molecule has 28 heavy (non-hydrogen) atoms. The summed E-state index contributed by atoms with van der Waals surface area (Å²) in [6.45, 7) is 5.94. The topological polar surface area (TPSA) is 102 Å². The Hall–Kier alpha value is -3.42. The van der Waals surface area contributed by atoms with Gasteiger partial charge in [0.2, 0.25) is 0 Å². The van der Waals surface area contributed by atoms with E-state index in [1.54, 1.807) is 17.0 Å². The number of nitrogens with one attached hydrogen (secondary N) is 1. The standard InChI is InChI=1S/C20H21N3O5/c1-20(2,3)28-19(25)22-9-8-14-5-6-15(11-17(14)22)21-16-7-4-13(12-24)10-18(16)23(26)27/h4-7,10-12,21H,8-9H2,1-3H3. The van der Waals surface area contributed by atoms with E-state index in [1.165, 1.54) is 18.2 Å². The molecule has 0 unspecified atom stereocenters. The first kappa shape index (κ1) is 19.3. The van der Waals surface area contributed by atoms with Gasteiger partial charge in [-0.15, -0.1) is 0 Å². The third-order valence-corrected chi connectivity index (χ3v) is 4.23. The van der Waals surface area contributed by atoms with Crippen molar-refractivity contribution in [2.45, 2.75) is 32.8 Å². The first-order valence-corrected chi connectivity index (χ1v) is 8.82. The molecule has 1 amide bonds. The molecular weight excluding hydrogens is 362 g/mol. The number of anilines is 3. The molecule has 1 N–H and O–H groups in total. The third-order valence-electron chi connectivity index (χ3n) is 4.23. The molecule has 0 spiro atoms. The summed E-state index contributed by atoms with van der Waals surface area (Å²) in [5.41, 5.74) is 2.00. The minimum Gasteiger partial charge on any atom is -0.443 e. The van der Waals surface area contributed by atoms with Crippen LogP contribution < -0.4 is 10.2 Å². The fourth-order valence-corrected chi connectivity index (χ4v) is 3.00. The van der Waals surface area contributed by atoms with E-state index in [2.05, 4.69) is 5.32 Å². The lowest BCUT2D eigenvalue weighted by Gasteiger charge is -2.25. The van der Waals surface area contributed by atoms with Gasteiger partial charge in [0.25, 0.3) is 5.69 Å². The molecule has 0 saturated carbocycles. The second-order valence-electron chi connectivity index (χ2n) is 7.50. The molecule has 8 nitrogen and oxygen atoms in total. The number of benzene rings is 2. The highest BCUT2D eigenvalue weighted by Gasteiger charge is 2.29. The first-order chi connectivity index (χ1) is 13.2. The number of nitro benzene ring substituents is 1. The van der Waals surface area contributed by atoms with Crippen LogP contribution in [0.3, 0.4) is 0 Å². The summed E-state index contributed by atoms with van der Waals surface area (Å²) in [5.74, 6) is 0. The van der Waals surface area contributed by atoms with Crippen molar-refractivity contribution in [3.63, 3.8) is 0 Å². The van der Waals surface area contributed by atoms with Crippen LogP contribution in [0.2, 0.25) is 0 Å². The molecule has 2 aromatic rings. The number of fused-ring (bicyclic) bond motifs is 1. The highest BCUT2D eigenvalue weighted by molar-refractivity contribution is 5.92. The van der Waals surface area contributed by atoms with Gasteiger partial charge < -0.3 is 10.1 Å². The summed E-state index contributed by atoms with van der Waals surface area (Å²) in [7, 11) is 0. The third kappa shape index (κ3) is 4.11. The first-order valence-electron chi connectivity index (χ1n) is 8.82. The fraction of sp³-hybridized carbons (Fsp3) is 0.300. The molecule has 0 radical (unpaired) electrons. The Morgan fingerprint density at radius 3 is 2.64 bits per heavy atom. The molecule has 3 rings (SSSR count). The van der Waals surface area contributed by atoms with E-state index in [9.17, 15) is 19.7 Å². The van der Waals surface area contributed by atoms with Gasteiger partial charge in [-0.1, -0.05) is 6.07 Å². The van der Waals surface area contributed by atoms with Crippen LogP contribution >= 0.6 is 0 Å². The summed E-state index contributed by atoms with van der Waals surface area (Å²) < 4.78 is 5.46. The minimum atomic E-state index is -0.601. The number of carbonyl (C=O) groups excluding carboxylic acids is 2. The number of nitro groups is 1. The molecule has 0 atom stereocenters. The Bertz CT molecular complexity index is 949. The quantitative estimate of drug-likeness (QED) is 0.475. The zero-order valence-electron chi connectivity index (χ0n) is 15.9. The van der Waals surface area contributed by atoms with Crippen molar-refractivity contribution in [2.75, 3.05) is 16.8 Å². The lowest BCUT2D eigenvalue weighted by Crippen LogP contribution is -2.35. The van der Waals surface area contributed by atoms with Crippen LogP contribution in [0.4, 0.5) is 27.5 Å². The van der Waals surface area contributed by atoms with Gasteiger partial charge >= 0.3 is 6.09 Å². The Morgan fingerprint density at radius 1 is 1.25 bits per heavy atom. The van der Waals surface area contributed by atoms with Crippen molar-refractivity contribution in [2.24, 2.45) is 0 Å². The second kappa shape index (κ2) is 7.30. The average molecular weight is 383 g/mol. The van der Waals surface area contributed by atoms with E-state index in [1.807, 2.05) is 26.8 Å². The van der Waals surface area contributed by atoms with Crippen molar-refractivity contribution in [3.05, 3.63) is 57.6 Å². The molecule has 2 aromatic carbocycles. The van der Waals surface area contributed by atoms with Gasteiger partial charge in [0.15, 0.2) is 0 Å². The highest BCUT2D eigenvalue weighted by Crippen LogP contribution is 2.35. The summed E-state index contributed by atoms with van der Waals surface area (Å²) in [5, 5.41) is 14.3. The molecule has 146 valence electrons. The molecule has 8 heteroatoms. The SMILES string of the molecule is CC(C)(C)OC(=O)N1CCc2ccc(Nc3ccc(C=O)cc3[N+](=O)[O-])cc21. The summed E-state index contributed by atoms with van der Waals surface area (Å²) in [6, 6.07) is 9.66. The number of carbonyl (C=O) groups is 2. The van der Waals surface area contributed by atoms with Crippen LogP contribution in [0, 0.1) is 10.1 Å². The van der Waals surface area contributed by atoms with Crippen molar-refractivity contribution < 1.29 is 19.2 Å². The molecule has 1 aliphatic rings. The predicted octanol–water partition coefficient (Wildman–Crippen LogP) is 4.45. The van der Waals surface area contributed by atoms with Gasteiger partial charge in [0, 0.05) is 23.9 Å². The van der Waals surface area contributed by atoms with Crippen molar-refractivity contribution in [1.82, 2.24) is 0 Å². The molecule has 0 aliphatic carbocycles. The van der Waals surface area contributed by atoms with Gasteiger partial charge in [-0.3, -0.25) is 19.8 Å². The maximum atomic E-state index is 12.5. The smallest absolute Gasteiger partial charge is 0.414 e. The second-order valence-corrected chi connectivity index (χ2v) is 7.50. The molecule has 0 saturated heterocycles. The number of rotatable bonds is 4. The van der Waals surface area contributed by atoms with Crippen LogP contribution in [0.15, 0.2) is 36.4 Å². The van der Waals surface area contributed by atoms with Crippen molar-refractivity contribution in [3.8, 4) is 0 Å². The lowest BCUT2D eigenvalue weighted by molar-refractivity contribution is -0.383. The minimum absolute atomic E-state index is 0.200. The lowest BCUT2D eigenvalue weighted by atomic mass is 10.1. The number of nitrogens with zero attached hydrogens (tertiary/aromatic N) is 2. The van der Waals surface area contributed by atoms with E-state index in [4.69, 9.17) is 4.74 Å². The maximum absolute atomic E-state index is 12.5. The van der Waals surface area contributed by atoms with Crippen LogP contribution in [-0.4, -0.2) is 29.4 Å². The van der Waals surface area contributed by atoms with E-state index in [0.29, 0.717) is 30.6 Å². The van der Waals surface area contributed by atoms with Crippen LogP contribution in [0.1, 0.15) is 36.7 Å². The van der Waals surface area contributed by atoms with Gasteiger partial charge in [-0.05, 0) is 57.0 Å². The van der Waals surface area contributed by atoms with E-state index in [0.717, 1.165) is 5.56 Å². The number of ether oxygens (including phenoxy) is 1. The normalized spacial score (nSPS) is 13.0. The van der Waals surface area contributed by atoms with Crippen molar-refractivity contribution in [1.29, 1.82) is 0 Å². The Balaban J connectivity index is 1.89. The monoisotopic (exact) mass is 383 g/mol. The highest BCUT2D eigenvalue weighted by atomic mass is 16.6. The number of hydrogen-bond acceptors (Lipinski definition) is 6. The maximum Gasteiger partial charge on any atom is 0.414 e. The average Bonchev–Trinajstić information content (AvgIpc) is 3.04. The zero-order chi connectivity index (χ0) is 20.5. The number of hydrogen-bond donors (Lipinski definition) is 1. The molecule has 0 fully saturated rings. The summed E-state index contributed by atoms with van der Waals surface area (Å²) in [4.78, 5) is 35.7. The predicted molar refractivity (Wildman–Crippen MR) is 105 cm³/mol. The van der Waals surface area contributed by atoms with Crippen LogP contribution in [0.25, 0.3) is 0 Å². The van der Waals surface area contributed by atoms with Crippen LogP contribution in [0.5, 0.6) is 0 Å². The molecule has 0 bridgehead atoms. The Morgan fingerprint density at radius 2 is 2.00 bits per heavy atom. The fourth-order valence-electron chi connectivity index (χ4n) is 3.00.